The van der Waals surface area contributed by atoms with Crippen LogP contribution in [0.25, 0.3) is 11.0 Å². The molecule has 0 fully saturated rings. The third-order valence-corrected chi connectivity index (χ3v) is 5.23. The van der Waals surface area contributed by atoms with Gasteiger partial charge in [-0.2, -0.15) is 14.6 Å². The molecular formula is C19H11ClFN3O2S. The number of thiazole rings is 1. The van der Waals surface area contributed by atoms with Crippen LogP contribution in [0.1, 0.15) is 16.8 Å². The Morgan fingerprint density at radius 2 is 1.85 bits per heavy atom. The Morgan fingerprint density at radius 3 is 2.59 bits per heavy atom. The van der Waals surface area contributed by atoms with Crippen LogP contribution in [0.3, 0.4) is 0 Å². The van der Waals surface area contributed by atoms with Crippen molar-refractivity contribution in [3.8, 4) is 0 Å². The Balaban J connectivity index is 1.82. The molecule has 0 saturated heterocycles. The van der Waals surface area contributed by atoms with E-state index in [2.05, 4.69) is 10.1 Å². The van der Waals surface area contributed by atoms with Crippen LogP contribution in [0.2, 0.25) is 5.02 Å². The first kappa shape index (κ1) is 17.5. The topological polar surface area (TPSA) is 64.3 Å². The molecule has 4 rings (SSSR count). The molecule has 0 radical (unpaired) electrons. The largest absolute Gasteiger partial charge is 0.296 e. The molecule has 2 aromatic carbocycles. The number of hydrogen-bond acceptors (Lipinski definition) is 5. The second-order valence-electron chi connectivity index (χ2n) is 5.80. The van der Waals surface area contributed by atoms with Gasteiger partial charge in [-0.3, -0.25) is 9.59 Å². The number of halogens is 2. The average molecular weight is 400 g/mol. The highest BCUT2D eigenvalue weighted by molar-refractivity contribution is 7.15. The number of nitrogens with zero attached hydrogens (tertiary/aromatic N) is 3. The van der Waals surface area contributed by atoms with Crippen molar-refractivity contribution in [3.63, 3.8) is 0 Å². The lowest BCUT2D eigenvalue weighted by Crippen LogP contribution is -2.28. The summed E-state index contributed by atoms with van der Waals surface area (Å²) in [7, 11) is 0. The number of benzene rings is 2. The van der Waals surface area contributed by atoms with Crippen molar-refractivity contribution in [2.45, 2.75) is 6.42 Å². The molecule has 0 aliphatic rings. The van der Waals surface area contributed by atoms with E-state index >= 15 is 0 Å². The van der Waals surface area contributed by atoms with E-state index in [-0.39, 0.29) is 28.5 Å². The van der Waals surface area contributed by atoms with Gasteiger partial charge in [0.05, 0.1) is 4.53 Å². The molecule has 27 heavy (non-hydrogen) atoms. The van der Waals surface area contributed by atoms with Gasteiger partial charge in [-0.1, -0.05) is 53.3 Å². The zero-order valence-corrected chi connectivity index (χ0v) is 15.3. The minimum Gasteiger partial charge on any atom is -0.266 e. The van der Waals surface area contributed by atoms with Crippen molar-refractivity contribution in [3.05, 3.63) is 101 Å². The van der Waals surface area contributed by atoms with E-state index in [9.17, 15) is 14.0 Å². The molecule has 0 spiro atoms. The summed E-state index contributed by atoms with van der Waals surface area (Å²) in [6, 6.07) is 12.9. The second-order valence-corrected chi connectivity index (χ2v) is 7.21. The van der Waals surface area contributed by atoms with Crippen LogP contribution >= 0.6 is 22.9 Å². The summed E-state index contributed by atoms with van der Waals surface area (Å²) in [5, 5.41) is 4.69. The van der Waals surface area contributed by atoms with Crippen molar-refractivity contribution >= 4 is 34.0 Å². The monoisotopic (exact) mass is 399 g/mol. The zero-order chi connectivity index (χ0) is 19.0. The molecule has 0 aliphatic heterocycles. The van der Waals surface area contributed by atoms with Gasteiger partial charge < -0.3 is 0 Å². The summed E-state index contributed by atoms with van der Waals surface area (Å²) in [5.74, 6) is -0.364. The summed E-state index contributed by atoms with van der Waals surface area (Å²) in [6.45, 7) is 0. The highest BCUT2D eigenvalue weighted by atomic mass is 35.5. The van der Waals surface area contributed by atoms with Gasteiger partial charge in [-0.25, -0.2) is 4.39 Å². The highest BCUT2D eigenvalue weighted by Crippen LogP contribution is 2.15. The fourth-order valence-electron chi connectivity index (χ4n) is 2.58. The van der Waals surface area contributed by atoms with Crippen LogP contribution in [0, 0.1) is 5.82 Å². The van der Waals surface area contributed by atoms with Crippen molar-refractivity contribution in [1.29, 1.82) is 0 Å². The van der Waals surface area contributed by atoms with E-state index in [4.69, 9.17) is 11.6 Å². The summed E-state index contributed by atoms with van der Waals surface area (Å²) in [6.07, 6.45) is 1.81. The standard InChI is InChI=1S/C19H11ClFN3O2S/c20-14-4-2-1-3-12(14)10-16-18(26)24-19(27-16)22-17(25)15(23-24)9-11-5-7-13(21)8-6-11/h1-8,10H,9H2/b16-10-. The fourth-order valence-corrected chi connectivity index (χ4v) is 3.67. The molecule has 0 bridgehead atoms. The van der Waals surface area contributed by atoms with E-state index in [0.29, 0.717) is 20.7 Å². The zero-order valence-electron chi connectivity index (χ0n) is 13.7. The number of aromatic nitrogens is 3. The molecule has 0 atom stereocenters. The summed E-state index contributed by atoms with van der Waals surface area (Å²) < 4.78 is 14.5. The van der Waals surface area contributed by atoms with Gasteiger partial charge in [0.25, 0.3) is 11.1 Å². The van der Waals surface area contributed by atoms with E-state index in [1.165, 1.54) is 12.1 Å². The van der Waals surface area contributed by atoms with Gasteiger partial charge in [0, 0.05) is 11.4 Å². The lowest BCUT2D eigenvalue weighted by atomic mass is 10.1. The SMILES string of the molecule is O=c1nc2s/c(=C\c3ccccc3Cl)c(=O)n2nc1Cc1ccc(F)cc1. The molecule has 0 unspecified atom stereocenters. The van der Waals surface area contributed by atoms with Crippen LogP contribution in [0.4, 0.5) is 4.39 Å². The minimum absolute atomic E-state index is 0.123. The second kappa shape index (κ2) is 7.02. The van der Waals surface area contributed by atoms with Gasteiger partial charge >= 0.3 is 0 Å². The third kappa shape index (κ3) is 3.51. The molecule has 2 aromatic heterocycles. The summed E-state index contributed by atoms with van der Waals surface area (Å²) in [4.78, 5) is 29.1. The van der Waals surface area contributed by atoms with E-state index in [0.717, 1.165) is 15.9 Å². The van der Waals surface area contributed by atoms with Gasteiger partial charge in [-0.15, -0.1) is 0 Å². The van der Waals surface area contributed by atoms with Crippen LogP contribution < -0.4 is 15.7 Å². The lowest BCUT2D eigenvalue weighted by molar-refractivity contribution is 0.627. The van der Waals surface area contributed by atoms with Crippen molar-refractivity contribution < 1.29 is 4.39 Å². The van der Waals surface area contributed by atoms with Crippen molar-refractivity contribution in [2.24, 2.45) is 0 Å². The Kier molecular flexibility index (Phi) is 4.55. The Morgan fingerprint density at radius 1 is 1.11 bits per heavy atom. The maximum absolute atomic E-state index is 13.0. The molecule has 2 heterocycles. The Labute approximate surface area is 161 Å². The molecule has 0 saturated carbocycles. The predicted molar refractivity (Wildman–Crippen MR) is 103 cm³/mol. The lowest BCUT2D eigenvalue weighted by Gasteiger charge is -2.00. The van der Waals surface area contributed by atoms with Gasteiger partial charge in [0.1, 0.15) is 11.5 Å². The maximum atomic E-state index is 13.0. The van der Waals surface area contributed by atoms with Crippen LogP contribution in [-0.4, -0.2) is 14.6 Å². The maximum Gasteiger partial charge on any atom is 0.296 e. The predicted octanol–water partition coefficient (Wildman–Crippen LogP) is 2.44. The number of fused-ring (bicyclic) bond motifs is 1. The van der Waals surface area contributed by atoms with Crippen LogP contribution in [0.5, 0.6) is 0 Å². The van der Waals surface area contributed by atoms with Crippen LogP contribution in [0.15, 0.2) is 58.1 Å². The molecule has 4 aromatic rings. The number of rotatable bonds is 3. The Hall–Kier alpha value is -2.90. The summed E-state index contributed by atoms with van der Waals surface area (Å²) >= 11 is 7.21. The van der Waals surface area contributed by atoms with Crippen molar-refractivity contribution in [1.82, 2.24) is 14.6 Å². The van der Waals surface area contributed by atoms with E-state index in [1.54, 1.807) is 36.4 Å². The first-order valence-electron chi connectivity index (χ1n) is 7.95. The molecule has 0 amide bonds. The van der Waals surface area contributed by atoms with Gasteiger partial charge in [-0.05, 0) is 35.4 Å². The molecule has 0 N–H and O–H groups in total. The molecule has 134 valence electrons. The quantitative estimate of drug-likeness (QED) is 0.531. The van der Waals surface area contributed by atoms with E-state index < -0.39 is 5.56 Å². The minimum atomic E-state index is -0.509. The molecule has 0 aliphatic carbocycles. The average Bonchev–Trinajstić information content (AvgIpc) is 2.94. The normalized spacial score (nSPS) is 12.0. The number of hydrogen-bond donors (Lipinski definition) is 0. The van der Waals surface area contributed by atoms with E-state index in [1.807, 2.05) is 6.07 Å². The highest BCUT2D eigenvalue weighted by Gasteiger charge is 2.12. The molecule has 5 nitrogen and oxygen atoms in total. The smallest absolute Gasteiger partial charge is 0.266 e. The molecule has 8 heteroatoms. The first-order chi connectivity index (χ1) is 13.0. The summed E-state index contributed by atoms with van der Waals surface area (Å²) in [5.41, 5.74) is 0.636. The van der Waals surface area contributed by atoms with Gasteiger partial charge in [0.15, 0.2) is 0 Å². The van der Waals surface area contributed by atoms with Gasteiger partial charge in [0.2, 0.25) is 4.96 Å². The Bertz CT molecular complexity index is 1320. The third-order valence-electron chi connectivity index (χ3n) is 3.93. The van der Waals surface area contributed by atoms with Crippen molar-refractivity contribution in [2.75, 3.05) is 0 Å². The van der Waals surface area contributed by atoms with Crippen LogP contribution in [-0.2, 0) is 6.42 Å². The molecular weight excluding hydrogens is 389 g/mol. The first-order valence-corrected chi connectivity index (χ1v) is 9.14. The fraction of sp³-hybridized carbons (Fsp3) is 0.0526.